The number of benzene rings is 2. The fraction of sp³-hybridized carbons (Fsp3) is 0. The van der Waals surface area contributed by atoms with Gasteiger partial charge in [0, 0.05) is 34.6 Å². The van der Waals surface area contributed by atoms with Crippen LogP contribution in [0, 0.1) is 0 Å². The van der Waals surface area contributed by atoms with Crippen molar-refractivity contribution in [3.8, 4) is 0 Å². The molecule has 0 saturated heterocycles. The number of hydrogen-bond acceptors (Lipinski definition) is 4. The second-order valence-corrected chi connectivity index (χ2v) is 8.05. The van der Waals surface area contributed by atoms with E-state index in [1.165, 1.54) is 20.9 Å². The number of pyridine rings is 2. The summed E-state index contributed by atoms with van der Waals surface area (Å²) in [6.45, 7) is 0. The summed E-state index contributed by atoms with van der Waals surface area (Å²) in [5.74, 6) is 0. The van der Waals surface area contributed by atoms with Crippen molar-refractivity contribution in [1.82, 2.24) is 9.97 Å². The number of aromatic nitrogens is 2. The molecule has 4 heteroatoms. The van der Waals surface area contributed by atoms with E-state index in [2.05, 4.69) is 76.0 Å². The van der Waals surface area contributed by atoms with Crippen molar-refractivity contribution in [3.63, 3.8) is 0 Å². The minimum Gasteiger partial charge on any atom is -0.354 e. The fourth-order valence-corrected chi connectivity index (χ4v) is 4.34. The average Bonchev–Trinajstić information content (AvgIpc) is 2.81. The van der Waals surface area contributed by atoms with Gasteiger partial charge in [0.05, 0.1) is 11.4 Å². The summed E-state index contributed by atoms with van der Waals surface area (Å²) < 4.78 is 0. The van der Waals surface area contributed by atoms with Crippen LogP contribution in [0.2, 0.25) is 0 Å². The summed E-state index contributed by atoms with van der Waals surface area (Å²) in [5.41, 5.74) is 6.94. The number of nitrogens with zero attached hydrogens (tertiary/aromatic N) is 2. The Bertz CT molecular complexity index is 1130. The van der Waals surface area contributed by atoms with Crippen molar-refractivity contribution in [3.05, 3.63) is 108 Å². The van der Waals surface area contributed by atoms with Gasteiger partial charge < -0.3 is 5.32 Å². The van der Waals surface area contributed by atoms with Gasteiger partial charge in [0.25, 0.3) is 0 Å². The van der Waals surface area contributed by atoms with Gasteiger partial charge in [-0.25, -0.2) is 0 Å². The Morgan fingerprint density at radius 2 is 0.967 bits per heavy atom. The lowest BCUT2D eigenvalue weighted by Gasteiger charge is -2.21. The molecule has 1 aliphatic rings. The minimum atomic E-state index is 1.14. The third-order valence-electron chi connectivity index (χ3n) is 4.85. The van der Waals surface area contributed by atoms with Gasteiger partial charge in [0.15, 0.2) is 0 Å². The summed E-state index contributed by atoms with van der Waals surface area (Å²) in [5, 5.41) is 3.56. The lowest BCUT2D eigenvalue weighted by atomic mass is 10.1. The van der Waals surface area contributed by atoms with Gasteiger partial charge in [0.2, 0.25) is 0 Å². The maximum absolute atomic E-state index is 4.06. The largest absolute Gasteiger partial charge is 0.354 e. The number of hydrogen-bond donors (Lipinski definition) is 1. The first kappa shape index (κ1) is 18.4. The maximum Gasteiger partial charge on any atom is 0.0526 e. The average molecular weight is 406 g/mol. The van der Waals surface area contributed by atoms with E-state index in [1.807, 2.05) is 49.1 Å². The lowest BCUT2D eigenvalue weighted by molar-refractivity contribution is 1.30. The standard InChI is InChI=1S/C26H19N3S/c1(19-9-13-27-14-10-19)3-21-5-7-23-25(17-21)30-26-18-22(6-8-24(26)29-23)4-2-20-11-15-28-16-12-20/h1-18,29H/b3-1+,4-2+. The molecule has 4 aromatic rings. The van der Waals surface area contributed by atoms with Gasteiger partial charge in [-0.1, -0.05) is 48.2 Å². The highest BCUT2D eigenvalue weighted by atomic mass is 32.2. The molecule has 3 nitrogen and oxygen atoms in total. The third-order valence-corrected chi connectivity index (χ3v) is 5.96. The van der Waals surface area contributed by atoms with Crippen molar-refractivity contribution in [2.45, 2.75) is 9.79 Å². The first-order chi connectivity index (χ1) is 14.8. The van der Waals surface area contributed by atoms with Crippen LogP contribution in [0.5, 0.6) is 0 Å². The van der Waals surface area contributed by atoms with E-state index in [4.69, 9.17) is 0 Å². The summed E-state index contributed by atoms with van der Waals surface area (Å²) in [6.07, 6.45) is 15.7. The summed E-state index contributed by atoms with van der Waals surface area (Å²) in [4.78, 5) is 10.6. The zero-order valence-corrected chi connectivity index (χ0v) is 17.0. The molecule has 0 amide bonds. The molecule has 0 fully saturated rings. The first-order valence-electron chi connectivity index (χ1n) is 9.73. The van der Waals surface area contributed by atoms with Crippen molar-refractivity contribution in [2.24, 2.45) is 0 Å². The molecule has 30 heavy (non-hydrogen) atoms. The number of rotatable bonds is 4. The molecule has 0 atom stereocenters. The molecule has 1 N–H and O–H groups in total. The number of fused-ring (bicyclic) bond motifs is 2. The predicted molar refractivity (Wildman–Crippen MR) is 127 cm³/mol. The normalized spacial score (nSPS) is 12.5. The summed E-state index contributed by atoms with van der Waals surface area (Å²) >= 11 is 1.80. The van der Waals surface area contributed by atoms with Gasteiger partial charge in [-0.3, -0.25) is 9.97 Å². The van der Waals surface area contributed by atoms with E-state index in [-0.39, 0.29) is 0 Å². The quantitative estimate of drug-likeness (QED) is 0.348. The molecule has 0 aliphatic carbocycles. The zero-order valence-electron chi connectivity index (χ0n) is 16.2. The van der Waals surface area contributed by atoms with Crippen LogP contribution in [0.25, 0.3) is 24.3 Å². The Kier molecular flexibility index (Phi) is 5.15. The maximum atomic E-state index is 4.06. The molecule has 0 bridgehead atoms. The molecule has 0 spiro atoms. The lowest BCUT2D eigenvalue weighted by Crippen LogP contribution is -2.00. The molecule has 3 heterocycles. The van der Waals surface area contributed by atoms with Gasteiger partial charge in [0.1, 0.15) is 0 Å². The van der Waals surface area contributed by atoms with E-state index in [9.17, 15) is 0 Å². The molecule has 2 aromatic heterocycles. The van der Waals surface area contributed by atoms with Crippen LogP contribution in [0.15, 0.2) is 95.2 Å². The van der Waals surface area contributed by atoms with Crippen LogP contribution in [0.3, 0.4) is 0 Å². The molecule has 2 aromatic carbocycles. The zero-order chi connectivity index (χ0) is 20.2. The molecule has 144 valence electrons. The SMILES string of the molecule is C(=C\c1ccc2c(c1)Sc1cc(/C=C/c3ccncc3)ccc1N2)/c1ccncc1. The van der Waals surface area contributed by atoms with Crippen LogP contribution in [0.1, 0.15) is 22.3 Å². The van der Waals surface area contributed by atoms with Crippen LogP contribution < -0.4 is 5.32 Å². The highest BCUT2D eigenvalue weighted by molar-refractivity contribution is 7.99. The molecule has 0 radical (unpaired) electrons. The molecule has 5 rings (SSSR count). The third kappa shape index (κ3) is 4.19. The highest BCUT2D eigenvalue weighted by Gasteiger charge is 2.15. The highest BCUT2D eigenvalue weighted by Crippen LogP contribution is 2.45. The number of nitrogens with one attached hydrogen (secondary N) is 1. The smallest absolute Gasteiger partial charge is 0.0526 e. The predicted octanol–water partition coefficient (Wildman–Crippen LogP) is 7.03. The Balaban J connectivity index is 1.37. The van der Waals surface area contributed by atoms with E-state index < -0.39 is 0 Å². The van der Waals surface area contributed by atoms with Crippen molar-refractivity contribution < 1.29 is 0 Å². The molecular formula is C26H19N3S. The molecule has 1 aliphatic heterocycles. The molecule has 0 saturated carbocycles. The minimum absolute atomic E-state index is 1.14. The van der Waals surface area contributed by atoms with Crippen LogP contribution >= 0.6 is 11.8 Å². The van der Waals surface area contributed by atoms with Gasteiger partial charge in [-0.05, 0) is 70.8 Å². The van der Waals surface area contributed by atoms with Gasteiger partial charge in [-0.2, -0.15) is 0 Å². The van der Waals surface area contributed by atoms with Crippen LogP contribution in [-0.2, 0) is 0 Å². The van der Waals surface area contributed by atoms with Crippen LogP contribution in [-0.4, -0.2) is 9.97 Å². The second-order valence-electron chi connectivity index (χ2n) is 6.97. The molecule has 0 unspecified atom stereocenters. The van der Waals surface area contributed by atoms with E-state index >= 15 is 0 Å². The van der Waals surface area contributed by atoms with E-state index in [0.717, 1.165) is 22.5 Å². The van der Waals surface area contributed by atoms with Crippen molar-refractivity contribution in [2.75, 3.05) is 5.32 Å². The topological polar surface area (TPSA) is 37.8 Å². The Morgan fingerprint density at radius 3 is 1.43 bits per heavy atom. The monoisotopic (exact) mass is 405 g/mol. The fourth-order valence-electron chi connectivity index (χ4n) is 3.26. The van der Waals surface area contributed by atoms with Crippen LogP contribution in [0.4, 0.5) is 11.4 Å². The van der Waals surface area contributed by atoms with E-state index in [1.54, 1.807) is 11.8 Å². The summed E-state index contributed by atoms with van der Waals surface area (Å²) in [7, 11) is 0. The Morgan fingerprint density at radius 1 is 0.533 bits per heavy atom. The molecular weight excluding hydrogens is 386 g/mol. The van der Waals surface area contributed by atoms with E-state index in [0.29, 0.717) is 0 Å². The number of anilines is 2. The van der Waals surface area contributed by atoms with Gasteiger partial charge in [-0.15, -0.1) is 0 Å². The summed E-state index contributed by atoms with van der Waals surface area (Å²) in [6, 6.07) is 21.0. The Hall–Kier alpha value is -3.63. The first-order valence-corrected chi connectivity index (χ1v) is 10.5. The van der Waals surface area contributed by atoms with Gasteiger partial charge >= 0.3 is 0 Å². The van der Waals surface area contributed by atoms with Crippen molar-refractivity contribution >= 4 is 47.4 Å². The van der Waals surface area contributed by atoms with Crippen molar-refractivity contribution in [1.29, 1.82) is 0 Å². The second kappa shape index (κ2) is 8.39. The Labute approximate surface area is 180 Å².